The van der Waals surface area contributed by atoms with Gasteiger partial charge in [-0.15, -0.1) is 9.24 Å². The third kappa shape index (κ3) is 15.7. The van der Waals surface area contributed by atoms with Crippen LogP contribution in [0.3, 0.4) is 0 Å². The Labute approximate surface area is 226 Å². The number of carbonyl (C=O) groups excluding carboxylic acids is 1. The number of unbranched alkanes of at least 4 members (excludes halogenated alkanes) is 4. The summed E-state index contributed by atoms with van der Waals surface area (Å²) in [5, 5.41) is 1.59. The van der Waals surface area contributed by atoms with E-state index in [9.17, 15) is 17.6 Å². The third-order valence-corrected chi connectivity index (χ3v) is 7.59. The van der Waals surface area contributed by atoms with Gasteiger partial charge in [0, 0.05) is 29.4 Å². The van der Waals surface area contributed by atoms with Gasteiger partial charge >= 0.3 is 0 Å². The van der Waals surface area contributed by atoms with Crippen LogP contribution >= 0.6 is 20.8 Å². The van der Waals surface area contributed by atoms with Crippen molar-refractivity contribution >= 4 is 41.8 Å². The van der Waals surface area contributed by atoms with Crippen molar-refractivity contribution in [3.8, 4) is 0 Å². The molecule has 0 saturated carbocycles. The molecule has 0 N–H and O–H groups in total. The highest BCUT2D eigenvalue weighted by molar-refractivity contribution is 7.90. The highest BCUT2D eigenvalue weighted by atomic mass is 35.5. The summed E-state index contributed by atoms with van der Waals surface area (Å²) in [4.78, 5) is 12.7. The van der Waals surface area contributed by atoms with Gasteiger partial charge in [0.2, 0.25) is 0 Å². The maximum absolute atomic E-state index is 13.2. The second kappa shape index (κ2) is 19.8. The Kier molecular flexibility index (Phi) is 19.1. The van der Waals surface area contributed by atoms with Crippen molar-refractivity contribution in [1.82, 2.24) is 0 Å². The molecule has 2 unspecified atom stereocenters. The van der Waals surface area contributed by atoms with Crippen LogP contribution in [0.15, 0.2) is 42.5 Å². The van der Waals surface area contributed by atoms with Crippen molar-refractivity contribution in [2.45, 2.75) is 91.4 Å². The molecule has 2 rings (SSSR count). The van der Waals surface area contributed by atoms with Crippen molar-refractivity contribution in [1.29, 1.82) is 0 Å². The predicted molar refractivity (Wildman–Crippen MR) is 158 cm³/mol. The fourth-order valence-corrected chi connectivity index (χ4v) is 4.82. The maximum Gasteiger partial charge on any atom is 0.147 e. The number of carbonyl (C=O) groups is 1. The lowest BCUT2D eigenvalue weighted by Gasteiger charge is -2.16. The Morgan fingerprint density at radius 3 is 2.22 bits per heavy atom. The smallest absolute Gasteiger partial charge is 0.147 e. The molecule has 2 atom stereocenters. The highest BCUT2D eigenvalue weighted by Gasteiger charge is 2.20. The molecule has 36 heavy (non-hydrogen) atoms. The fraction of sp³-hybridized carbons (Fsp3) is 0.552. The number of rotatable bonds is 13. The van der Waals surface area contributed by atoms with Gasteiger partial charge in [-0.3, -0.25) is 4.79 Å². The van der Waals surface area contributed by atoms with E-state index in [1.165, 1.54) is 37.7 Å². The van der Waals surface area contributed by atoms with Crippen LogP contribution in [0.25, 0.3) is 0 Å². The van der Waals surface area contributed by atoms with Crippen molar-refractivity contribution < 1.29 is 17.6 Å². The SMILES string of the molecule is CC.CCCC(C(=O)CCc1cccc(F)c1)c1ccc(Cl)c(P)c1.CCCCCCCS(C)(=O)=O. The predicted octanol–water partition coefficient (Wildman–Crippen LogP) is 8.09. The fourth-order valence-electron chi connectivity index (χ4n) is 3.68. The van der Waals surface area contributed by atoms with Gasteiger partial charge in [-0.05, 0) is 60.0 Å². The quantitative estimate of drug-likeness (QED) is 0.184. The number of hydrogen-bond acceptors (Lipinski definition) is 3. The van der Waals surface area contributed by atoms with Crippen molar-refractivity contribution in [3.05, 3.63) is 64.4 Å². The minimum atomic E-state index is -2.71. The van der Waals surface area contributed by atoms with Gasteiger partial charge in [0.25, 0.3) is 0 Å². The number of benzene rings is 2. The largest absolute Gasteiger partial charge is 0.299 e. The number of sulfone groups is 1. The van der Waals surface area contributed by atoms with Crippen LogP contribution in [-0.2, 0) is 21.1 Å². The first-order valence-corrected chi connectivity index (χ1v) is 16.1. The molecule has 0 bridgehead atoms. The summed E-state index contributed by atoms with van der Waals surface area (Å²) in [5.41, 5.74) is 1.86. The molecule has 0 aliphatic heterocycles. The van der Waals surface area contributed by atoms with Crippen LogP contribution in [0.4, 0.5) is 4.39 Å². The molecule has 0 spiro atoms. The lowest BCUT2D eigenvalue weighted by molar-refractivity contribution is -0.120. The number of aryl methyl sites for hydroxylation is 1. The molecule has 0 heterocycles. The van der Waals surface area contributed by atoms with Gasteiger partial charge in [-0.2, -0.15) is 0 Å². The first kappa shape index (κ1) is 34.7. The molecule has 0 aliphatic rings. The zero-order valence-corrected chi connectivity index (χ0v) is 25.4. The monoisotopic (exact) mass is 558 g/mol. The average Bonchev–Trinajstić information content (AvgIpc) is 2.84. The number of ketones is 1. The second-order valence-corrected chi connectivity index (χ2v) is 12.1. The Balaban J connectivity index is 0.000000796. The first-order chi connectivity index (χ1) is 17.1. The van der Waals surface area contributed by atoms with Gasteiger partial charge in [-0.1, -0.05) is 89.6 Å². The minimum Gasteiger partial charge on any atom is -0.299 e. The van der Waals surface area contributed by atoms with E-state index in [4.69, 9.17) is 11.6 Å². The maximum atomic E-state index is 13.2. The van der Waals surface area contributed by atoms with E-state index >= 15 is 0 Å². The molecule has 0 amide bonds. The van der Waals surface area contributed by atoms with E-state index in [-0.39, 0.29) is 17.5 Å². The van der Waals surface area contributed by atoms with E-state index in [2.05, 4.69) is 23.1 Å². The Hall–Kier alpha value is -1.29. The number of halogens is 2. The van der Waals surface area contributed by atoms with Crippen LogP contribution in [-0.4, -0.2) is 26.2 Å². The van der Waals surface area contributed by atoms with Crippen LogP contribution in [0.1, 0.15) is 96.1 Å². The summed E-state index contributed by atoms with van der Waals surface area (Å²) in [7, 11) is -0.111. The van der Waals surface area contributed by atoms with E-state index in [0.29, 0.717) is 23.6 Å². The molecule has 0 radical (unpaired) electrons. The molecule has 0 aliphatic carbocycles. The highest BCUT2D eigenvalue weighted by Crippen LogP contribution is 2.26. The normalized spacial score (nSPS) is 11.6. The van der Waals surface area contributed by atoms with Gasteiger partial charge in [-0.25, -0.2) is 12.8 Å². The van der Waals surface area contributed by atoms with Crippen LogP contribution in [0.2, 0.25) is 5.02 Å². The van der Waals surface area contributed by atoms with E-state index < -0.39 is 9.84 Å². The molecule has 2 aromatic rings. The molecule has 3 nitrogen and oxygen atoms in total. The standard InChI is InChI=1S/C19H21ClFOP.C8H18O2S.C2H6/c1-2-4-16(14-8-9-17(20)19(23)12-14)18(22)10-7-13-5-3-6-15(21)11-13;1-3-4-5-6-7-8-11(2,9)10;1-2/h3,5-6,8-9,11-12,16H,2,4,7,10,23H2,1H3;3-8H2,1-2H3;1-2H3. The third-order valence-electron chi connectivity index (χ3n) is 5.56. The summed E-state index contributed by atoms with van der Waals surface area (Å²) in [5.74, 6) is 0.176. The zero-order chi connectivity index (χ0) is 27.6. The van der Waals surface area contributed by atoms with Crippen LogP contribution < -0.4 is 5.30 Å². The topological polar surface area (TPSA) is 51.2 Å². The average molecular weight is 559 g/mol. The van der Waals surface area contributed by atoms with Gasteiger partial charge in [0.05, 0.1) is 0 Å². The second-order valence-electron chi connectivity index (χ2n) is 8.76. The molecule has 0 fully saturated rings. The summed E-state index contributed by atoms with van der Waals surface area (Å²) in [6.45, 7) is 8.22. The molecule has 2 aromatic carbocycles. The lowest BCUT2D eigenvalue weighted by Crippen LogP contribution is -2.15. The Bertz CT molecular complexity index is 996. The van der Waals surface area contributed by atoms with Gasteiger partial charge in [0.1, 0.15) is 21.4 Å². The summed E-state index contributed by atoms with van der Waals surface area (Å²) in [6.07, 6.45) is 9.53. The molecular formula is C29H45ClFO3PS. The number of Topliss-reactive ketones (excluding diaryl/α,β-unsaturated/α-hetero) is 1. The van der Waals surface area contributed by atoms with E-state index in [1.54, 1.807) is 6.07 Å². The van der Waals surface area contributed by atoms with Crippen molar-refractivity contribution in [3.63, 3.8) is 0 Å². The Morgan fingerprint density at radius 2 is 1.67 bits per heavy atom. The molecular weight excluding hydrogens is 514 g/mol. The first-order valence-electron chi connectivity index (χ1n) is 13.1. The Morgan fingerprint density at radius 1 is 1.00 bits per heavy atom. The minimum absolute atomic E-state index is 0.120. The van der Waals surface area contributed by atoms with E-state index in [0.717, 1.165) is 42.1 Å². The molecule has 0 saturated heterocycles. The zero-order valence-electron chi connectivity index (χ0n) is 22.7. The summed E-state index contributed by atoms with van der Waals surface area (Å²) in [6, 6.07) is 12.2. The van der Waals surface area contributed by atoms with Crippen LogP contribution in [0.5, 0.6) is 0 Å². The summed E-state index contributed by atoms with van der Waals surface area (Å²) < 4.78 is 34.5. The molecule has 204 valence electrons. The van der Waals surface area contributed by atoms with Gasteiger partial charge < -0.3 is 0 Å². The van der Waals surface area contributed by atoms with Gasteiger partial charge in [0.15, 0.2) is 0 Å². The van der Waals surface area contributed by atoms with Crippen molar-refractivity contribution in [2.75, 3.05) is 12.0 Å². The summed E-state index contributed by atoms with van der Waals surface area (Å²) >= 11 is 6.06. The molecule has 7 heteroatoms. The molecule has 0 aromatic heterocycles. The lowest BCUT2D eigenvalue weighted by atomic mass is 9.88. The van der Waals surface area contributed by atoms with Crippen LogP contribution in [0, 0.1) is 5.82 Å². The van der Waals surface area contributed by atoms with Crippen molar-refractivity contribution in [2.24, 2.45) is 0 Å². The van der Waals surface area contributed by atoms with E-state index in [1.807, 2.05) is 38.1 Å². The number of hydrogen-bond donors (Lipinski definition) is 0.